The second-order valence-corrected chi connectivity index (χ2v) is 5.33. The summed E-state index contributed by atoms with van der Waals surface area (Å²) in [6.07, 6.45) is 14.0. The van der Waals surface area contributed by atoms with Gasteiger partial charge < -0.3 is 10.8 Å². The van der Waals surface area contributed by atoms with Crippen LogP contribution < -0.4 is 5.73 Å². The zero-order valence-electron chi connectivity index (χ0n) is 12.0. The van der Waals surface area contributed by atoms with E-state index in [0.29, 0.717) is 0 Å². The number of rotatable bonds is 13. The van der Waals surface area contributed by atoms with Crippen molar-refractivity contribution in [3.63, 3.8) is 0 Å². The topological polar surface area (TPSA) is 63.3 Å². The third-order valence-electron chi connectivity index (χ3n) is 3.37. The van der Waals surface area contributed by atoms with Crippen molar-refractivity contribution >= 4 is 35.5 Å². The van der Waals surface area contributed by atoms with Gasteiger partial charge in [0.25, 0.3) is 0 Å². The van der Waals surface area contributed by atoms with Crippen LogP contribution in [0, 0.1) is 0 Å². The molecule has 3 nitrogen and oxygen atoms in total. The number of unbranched alkanes of at least 4 members (excludes halogenated alkanes) is 9. The van der Waals surface area contributed by atoms with E-state index in [2.05, 4.69) is 6.92 Å². The van der Waals surface area contributed by atoms with Gasteiger partial charge in [-0.2, -0.15) is 0 Å². The van der Waals surface area contributed by atoms with Crippen molar-refractivity contribution in [1.82, 2.24) is 0 Å². The minimum absolute atomic E-state index is 0. The molecule has 0 heterocycles. The molecule has 0 rings (SSSR count). The first-order valence-corrected chi connectivity index (χ1v) is 7.64. The molecule has 0 saturated carbocycles. The number of aliphatic carboxylic acids is 1. The summed E-state index contributed by atoms with van der Waals surface area (Å²) >= 11 is 0. The minimum atomic E-state index is -0.783. The van der Waals surface area contributed by atoms with Crippen molar-refractivity contribution in [2.45, 2.75) is 90.0 Å². The third kappa shape index (κ3) is 18.4. The van der Waals surface area contributed by atoms with Crippen molar-refractivity contribution in [3.8, 4) is 0 Å². The Hall–Kier alpha value is 0.430. The van der Waals surface area contributed by atoms with E-state index >= 15 is 0 Å². The quantitative estimate of drug-likeness (QED) is 0.401. The molecule has 0 bridgehead atoms. The first kappa shape index (κ1) is 21.7. The molecule has 19 heavy (non-hydrogen) atoms. The van der Waals surface area contributed by atoms with Gasteiger partial charge >= 0.3 is 35.5 Å². The van der Waals surface area contributed by atoms with Gasteiger partial charge in [-0.3, -0.25) is 4.79 Å². The number of carboxylic acid groups (broad SMARTS) is 1. The molecule has 4 heteroatoms. The molecule has 0 aromatic rings. The van der Waals surface area contributed by atoms with Crippen LogP contribution in [-0.2, 0) is 4.79 Å². The van der Waals surface area contributed by atoms with E-state index in [9.17, 15) is 4.79 Å². The predicted octanol–water partition coefficient (Wildman–Crippen LogP) is 3.45. The number of hydrogen-bond donors (Lipinski definition) is 2. The fraction of sp³-hybridized carbons (Fsp3) is 0.933. The number of hydrogen-bond acceptors (Lipinski definition) is 2. The Morgan fingerprint density at radius 1 is 0.947 bits per heavy atom. The average molecular weight is 281 g/mol. The van der Waals surface area contributed by atoms with Gasteiger partial charge in [0.2, 0.25) is 0 Å². The van der Waals surface area contributed by atoms with E-state index < -0.39 is 5.97 Å². The summed E-state index contributed by atoms with van der Waals surface area (Å²) in [4.78, 5) is 10.4. The maximum atomic E-state index is 10.4. The summed E-state index contributed by atoms with van der Waals surface area (Å²) in [7, 11) is 0. The number of carboxylic acids is 1. The number of nitrogens with two attached hydrogens (primary N) is 1. The monoisotopic (exact) mass is 281 g/mol. The van der Waals surface area contributed by atoms with Crippen LogP contribution in [0.1, 0.15) is 84.0 Å². The van der Waals surface area contributed by atoms with Gasteiger partial charge in [0.15, 0.2) is 0 Å². The van der Waals surface area contributed by atoms with E-state index in [1.165, 1.54) is 57.8 Å². The van der Waals surface area contributed by atoms with Crippen LogP contribution >= 0.6 is 0 Å². The Balaban J connectivity index is 0. The molecule has 110 valence electrons. The molecule has 1 unspecified atom stereocenters. The molecule has 0 aliphatic rings. The van der Waals surface area contributed by atoms with Gasteiger partial charge in [0.05, 0.1) is 6.42 Å². The second-order valence-electron chi connectivity index (χ2n) is 5.33. The van der Waals surface area contributed by atoms with Crippen LogP contribution in [0.5, 0.6) is 0 Å². The van der Waals surface area contributed by atoms with E-state index in [-0.39, 0.29) is 42.0 Å². The maximum absolute atomic E-state index is 10.4. The van der Waals surface area contributed by atoms with Crippen molar-refractivity contribution < 1.29 is 9.90 Å². The fourth-order valence-electron chi connectivity index (χ4n) is 2.22. The van der Waals surface area contributed by atoms with Crippen LogP contribution in [0.4, 0.5) is 0 Å². The van der Waals surface area contributed by atoms with Gasteiger partial charge in [-0.15, -0.1) is 0 Å². The van der Waals surface area contributed by atoms with E-state index in [4.69, 9.17) is 10.8 Å². The molecule has 0 fully saturated rings. The molecule has 0 amide bonds. The normalized spacial score (nSPS) is 11.9. The van der Waals surface area contributed by atoms with Crippen molar-refractivity contribution in [2.24, 2.45) is 5.73 Å². The molecule has 0 spiro atoms. The SMILES string of the molecule is CCCCCCCCCCCCC(N)CC(=O)O.[NaH]. The van der Waals surface area contributed by atoms with Crippen molar-refractivity contribution in [1.29, 1.82) is 0 Å². The molecular weight excluding hydrogens is 249 g/mol. The molecule has 0 aromatic heterocycles. The van der Waals surface area contributed by atoms with Crippen LogP contribution in [0.25, 0.3) is 0 Å². The van der Waals surface area contributed by atoms with Gasteiger partial charge in [-0.05, 0) is 6.42 Å². The summed E-state index contributed by atoms with van der Waals surface area (Å²) in [5, 5.41) is 8.57. The molecule has 0 saturated heterocycles. The Kier molecular flexibility index (Phi) is 18.8. The molecule has 0 aliphatic carbocycles. The molecule has 0 aliphatic heterocycles. The second kappa shape index (κ2) is 16.5. The standard InChI is InChI=1S/C15H31NO2.Na.H/c1-2-3-4-5-6-7-8-9-10-11-12-14(16)13-15(17)18;;/h14H,2-13,16H2,1H3,(H,17,18);;. The Morgan fingerprint density at radius 3 is 1.79 bits per heavy atom. The Morgan fingerprint density at radius 2 is 1.37 bits per heavy atom. The van der Waals surface area contributed by atoms with E-state index in [0.717, 1.165) is 12.8 Å². The van der Waals surface area contributed by atoms with E-state index in [1.807, 2.05) is 0 Å². The predicted molar refractivity (Wildman–Crippen MR) is 83.8 cm³/mol. The first-order valence-electron chi connectivity index (χ1n) is 7.64. The van der Waals surface area contributed by atoms with E-state index in [1.54, 1.807) is 0 Å². The summed E-state index contributed by atoms with van der Waals surface area (Å²) in [5.41, 5.74) is 5.70. The van der Waals surface area contributed by atoms with Gasteiger partial charge in [0, 0.05) is 6.04 Å². The molecule has 0 aromatic carbocycles. The fourth-order valence-corrected chi connectivity index (χ4v) is 2.22. The van der Waals surface area contributed by atoms with Crippen LogP contribution in [0.3, 0.4) is 0 Å². The van der Waals surface area contributed by atoms with Crippen LogP contribution in [0.15, 0.2) is 0 Å². The third-order valence-corrected chi connectivity index (χ3v) is 3.37. The zero-order valence-corrected chi connectivity index (χ0v) is 12.0. The summed E-state index contributed by atoms with van der Waals surface area (Å²) < 4.78 is 0. The van der Waals surface area contributed by atoms with Gasteiger partial charge in [-0.25, -0.2) is 0 Å². The summed E-state index contributed by atoms with van der Waals surface area (Å²) in [6.45, 7) is 2.25. The van der Waals surface area contributed by atoms with Crippen LogP contribution in [0.2, 0.25) is 0 Å². The van der Waals surface area contributed by atoms with Crippen LogP contribution in [-0.4, -0.2) is 46.7 Å². The van der Waals surface area contributed by atoms with Crippen molar-refractivity contribution in [2.75, 3.05) is 0 Å². The summed E-state index contributed by atoms with van der Waals surface area (Å²) in [6, 6.07) is -0.156. The first-order chi connectivity index (χ1) is 8.66. The average Bonchev–Trinajstić information content (AvgIpc) is 2.30. The van der Waals surface area contributed by atoms with Crippen molar-refractivity contribution in [3.05, 3.63) is 0 Å². The number of carbonyl (C=O) groups is 1. The molecule has 1 atom stereocenters. The molecule has 3 N–H and O–H groups in total. The molecular formula is C15H32NNaO2. The summed E-state index contributed by atoms with van der Waals surface area (Å²) in [5.74, 6) is -0.783. The molecule has 0 radical (unpaired) electrons. The van der Waals surface area contributed by atoms with Gasteiger partial charge in [0.1, 0.15) is 0 Å². The zero-order chi connectivity index (χ0) is 13.6. The Bertz CT molecular complexity index is 201. The van der Waals surface area contributed by atoms with Gasteiger partial charge in [-0.1, -0.05) is 71.1 Å². The Labute approximate surface area is 141 Å².